The van der Waals surface area contributed by atoms with Crippen molar-refractivity contribution >= 4 is 38.4 Å². The molecule has 0 unspecified atom stereocenters. The Labute approximate surface area is 176 Å². The van der Waals surface area contributed by atoms with Crippen LogP contribution >= 0.6 is 11.6 Å². The number of benzene rings is 2. The lowest BCUT2D eigenvalue weighted by Crippen LogP contribution is -2.28. The van der Waals surface area contributed by atoms with Crippen molar-refractivity contribution < 1.29 is 13.2 Å². The number of H-pyrrole nitrogens is 2. The number of nitrogens with one attached hydrogen (secondary N) is 3. The molecule has 2 aromatic carbocycles. The minimum Gasteiger partial charge on any atom is -0.364 e. The molecule has 0 fully saturated rings. The largest absolute Gasteiger partial charge is 0.364 e. The van der Waals surface area contributed by atoms with Gasteiger partial charge >= 0.3 is 0 Å². The number of aromatic amines is 2. The fourth-order valence-corrected chi connectivity index (χ4v) is 4.66. The maximum Gasteiger partial charge on any atom is 0.266 e. The number of rotatable bonds is 7. The molecule has 5 N–H and O–H groups in total. The van der Waals surface area contributed by atoms with E-state index in [4.69, 9.17) is 17.3 Å². The average molecular weight is 445 g/mol. The minimum absolute atomic E-state index is 0.0389. The number of sulfonamides is 1. The molecule has 4 rings (SSSR count). The molecule has 0 aliphatic heterocycles. The van der Waals surface area contributed by atoms with Gasteiger partial charge in [-0.3, -0.25) is 9.89 Å². The van der Waals surface area contributed by atoms with E-state index in [-0.39, 0.29) is 28.9 Å². The summed E-state index contributed by atoms with van der Waals surface area (Å²) in [4.78, 5) is 18.7. The van der Waals surface area contributed by atoms with Crippen molar-refractivity contribution in [3.63, 3.8) is 0 Å². The highest BCUT2D eigenvalue weighted by Crippen LogP contribution is 2.29. The van der Waals surface area contributed by atoms with E-state index in [1.807, 2.05) is 30.3 Å². The molecule has 9 nitrogen and oxygen atoms in total. The Bertz CT molecular complexity index is 1330. The molecule has 0 aliphatic carbocycles. The monoisotopic (exact) mass is 444 g/mol. The van der Waals surface area contributed by atoms with Gasteiger partial charge in [0.2, 0.25) is 10.0 Å². The molecule has 11 heteroatoms. The van der Waals surface area contributed by atoms with Crippen LogP contribution in [0.4, 0.5) is 0 Å². The molecular weight excluding hydrogens is 428 g/mol. The molecule has 0 aliphatic rings. The van der Waals surface area contributed by atoms with Crippen LogP contribution < -0.4 is 10.5 Å². The molecule has 2 heterocycles. The van der Waals surface area contributed by atoms with Gasteiger partial charge in [-0.05, 0) is 18.2 Å². The van der Waals surface area contributed by atoms with Gasteiger partial charge in [-0.1, -0.05) is 41.9 Å². The van der Waals surface area contributed by atoms with Crippen LogP contribution in [-0.2, 0) is 16.4 Å². The van der Waals surface area contributed by atoms with Crippen molar-refractivity contribution in [3.8, 4) is 11.4 Å². The number of nitrogens with zero attached hydrogens (tertiary/aromatic N) is 2. The second-order valence-electron chi connectivity index (χ2n) is 6.50. The van der Waals surface area contributed by atoms with Crippen LogP contribution in [0.3, 0.4) is 0 Å². The summed E-state index contributed by atoms with van der Waals surface area (Å²) in [5, 5.41) is 7.57. The Kier molecular flexibility index (Phi) is 5.29. The summed E-state index contributed by atoms with van der Waals surface area (Å²) >= 11 is 6.00. The fraction of sp³-hybridized carbons (Fsp3) is 0.105. The highest BCUT2D eigenvalue weighted by Gasteiger charge is 2.27. The van der Waals surface area contributed by atoms with Gasteiger partial charge in [0, 0.05) is 34.5 Å². The average Bonchev–Trinajstić information content (AvgIpc) is 3.33. The number of carbonyl (C=O) groups excluding carboxylic acids is 1. The number of aromatic nitrogens is 4. The molecule has 0 saturated carbocycles. The first-order chi connectivity index (χ1) is 14.3. The second-order valence-corrected chi connectivity index (χ2v) is 8.64. The maximum absolute atomic E-state index is 12.9. The zero-order chi connectivity index (χ0) is 21.3. The topological polar surface area (TPSA) is 147 Å². The van der Waals surface area contributed by atoms with E-state index in [2.05, 4.69) is 24.9 Å². The Hall–Kier alpha value is -3.21. The zero-order valence-electron chi connectivity index (χ0n) is 15.5. The van der Waals surface area contributed by atoms with Crippen LogP contribution in [0.25, 0.3) is 22.3 Å². The number of primary amides is 1. The van der Waals surface area contributed by atoms with Crippen molar-refractivity contribution in [2.75, 3.05) is 6.54 Å². The van der Waals surface area contributed by atoms with E-state index < -0.39 is 15.9 Å². The van der Waals surface area contributed by atoms with Gasteiger partial charge in [0.25, 0.3) is 5.91 Å². The summed E-state index contributed by atoms with van der Waals surface area (Å²) in [6.45, 7) is 0.0389. The van der Waals surface area contributed by atoms with Gasteiger partial charge in [0.05, 0.1) is 0 Å². The quantitative estimate of drug-likeness (QED) is 0.345. The van der Waals surface area contributed by atoms with E-state index >= 15 is 0 Å². The lowest BCUT2D eigenvalue weighted by molar-refractivity contribution is 0.0993. The Morgan fingerprint density at radius 1 is 1.17 bits per heavy atom. The second kappa shape index (κ2) is 7.90. The molecule has 1 amide bonds. The van der Waals surface area contributed by atoms with Crippen molar-refractivity contribution in [3.05, 3.63) is 65.1 Å². The SMILES string of the molecule is NC(=O)c1[nH]c2ccc(Cl)cc2c1S(=O)(=O)NCCc1nc(-c2ccccc2)n[nH]1. The zero-order valence-corrected chi connectivity index (χ0v) is 17.1. The molecule has 0 spiro atoms. The van der Waals surface area contributed by atoms with Gasteiger partial charge < -0.3 is 10.7 Å². The Morgan fingerprint density at radius 2 is 1.93 bits per heavy atom. The van der Waals surface area contributed by atoms with Crippen molar-refractivity contribution in [2.24, 2.45) is 5.73 Å². The molecule has 2 aromatic heterocycles. The fourth-order valence-electron chi connectivity index (χ4n) is 3.09. The summed E-state index contributed by atoms with van der Waals surface area (Å²) in [5.41, 5.74) is 6.46. The third-order valence-electron chi connectivity index (χ3n) is 4.45. The first-order valence-corrected chi connectivity index (χ1v) is 10.8. The lowest BCUT2D eigenvalue weighted by Gasteiger charge is -2.06. The van der Waals surface area contributed by atoms with E-state index in [9.17, 15) is 13.2 Å². The van der Waals surface area contributed by atoms with Crippen LogP contribution in [-0.4, -0.2) is 41.0 Å². The summed E-state index contributed by atoms with van der Waals surface area (Å²) in [5.74, 6) is 0.162. The van der Waals surface area contributed by atoms with E-state index in [1.54, 1.807) is 12.1 Å². The third-order valence-corrected chi connectivity index (χ3v) is 6.23. The first-order valence-electron chi connectivity index (χ1n) is 8.92. The van der Waals surface area contributed by atoms with E-state index in [0.717, 1.165) is 5.56 Å². The highest BCUT2D eigenvalue weighted by atomic mass is 35.5. The summed E-state index contributed by atoms with van der Waals surface area (Å²) < 4.78 is 28.3. The number of amides is 1. The third kappa shape index (κ3) is 3.92. The summed E-state index contributed by atoms with van der Waals surface area (Å²) in [6.07, 6.45) is 0.272. The molecule has 0 atom stereocenters. The van der Waals surface area contributed by atoms with Crippen LogP contribution in [0, 0.1) is 0 Å². The lowest BCUT2D eigenvalue weighted by atomic mass is 10.2. The van der Waals surface area contributed by atoms with Crippen molar-refractivity contribution in [1.29, 1.82) is 0 Å². The maximum atomic E-state index is 12.9. The number of halogens is 1. The molecular formula is C19H17ClN6O3S. The van der Waals surface area contributed by atoms with E-state index in [1.165, 1.54) is 6.07 Å². The van der Waals surface area contributed by atoms with Gasteiger partial charge in [-0.25, -0.2) is 18.1 Å². The van der Waals surface area contributed by atoms with Crippen LogP contribution in [0.1, 0.15) is 16.3 Å². The van der Waals surface area contributed by atoms with Crippen LogP contribution in [0.5, 0.6) is 0 Å². The number of nitrogens with two attached hydrogens (primary N) is 1. The van der Waals surface area contributed by atoms with Gasteiger partial charge in [-0.15, -0.1) is 0 Å². The molecule has 154 valence electrons. The van der Waals surface area contributed by atoms with Crippen molar-refractivity contribution in [2.45, 2.75) is 11.3 Å². The molecule has 30 heavy (non-hydrogen) atoms. The predicted molar refractivity (Wildman–Crippen MR) is 113 cm³/mol. The summed E-state index contributed by atoms with van der Waals surface area (Å²) in [6, 6.07) is 14.0. The number of hydrogen-bond acceptors (Lipinski definition) is 5. The normalized spacial score (nSPS) is 11.8. The van der Waals surface area contributed by atoms with Crippen LogP contribution in [0.2, 0.25) is 5.02 Å². The molecule has 0 saturated heterocycles. The standard InChI is InChI=1S/C19H17ClN6O3S/c20-12-6-7-14-13(10-12)17(16(23-14)18(21)27)30(28,29)22-9-8-15-24-19(26-25-15)11-4-2-1-3-5-11/h1-7,10,22-23H,8-9H2,(H2,21,27)(H,24,25,26). The number of fused-ring (bicyclic) bond motifs is 1. The number of hydrogen-bond donors (Lipinski definition) is 4. The number of carbonyl (C=O) groups is 1. The molecule has 4 aromatic rings. The first kappa shape index (κ1) is 20.1. The highest BCUT2D eigenvalue weighted by molar-refractivity contribution is 7.89. The predicted octanol–water partition coefficient (Wildman–Crippen LogP) is 2.23. The summed E-state index contributed by atoms with van der Waals surface area (Å²) in [7, 11) is -4.05. The van der Waals surface area contributed by atoms with Crippen molar-refractivity contribution in [1.82, 2.24) is 24.9 Å². The van der Waals surface area contributed by atoms with Gasteiger partial charge in [-0.2, -0.15) is 5.10 Å². The Morgan fingerprint density at radius 3 is 2.67 bits per heavy atom. The minimum atomic E-state index is -4.05. The van der Waals surface area contributed by atoms with Crippen LogP contribution in [0.15, 0.2) is 53.4 Å². The molecule has 0 radical (unpaired) electrons. The molecule has 0 bridgehead atoms. The van der Waals surface area contributed by atoms with E-state index in [0.29, 0.717) is 22.2 Å². The van der Waals surface area contributed by atoms with Gasteiger partial charge in [0.1, 0.15) is 16.4 Å². The van der Waals surface area contributed by atoms with Gasteiger partial charge in [0.15, 0.2) is 5.82 Å². The smallest absolute Gasteiger partial charge is 0.266 e. The Balaban J connectivity index is 1.54.